The molecule has 23 heavy (non-hydrogen) atoms. The van der Waals surface area contributed by atoms with Crippen molar-refractivity contribution in [2.24, 2.45) is 0 Å². The molecule has 0 fully saturated rings. The molecule has 0 saturated heterocycles. The maximum Gasteiger partial charge on any atom is 0.181 e. The number of carbonyl (C=O) groups is 1. The minimum absolute atomic E-state index is 0.0898. The highest BCUT2D eigenvalue weighted by Crippen LogP contribution is 2.29. The summed E-state index contributed by atoms with van der Waals surface area (Å²) in [4.78, 5) is 12.3. The van der Waals surface area contributed by atoms with Crippen molar-refractivity contribution >= 4 is 23.1 Å². The van der Waals surface area contributed by atoms with E-state index >= 15 is 0 Å². The second-order valence-electron chi connectivity index (χ2n) is 4.69. The summed E-state index contributed by atoms with van der Waals surface area (Å²) in [5, 5.41) is 3.60. The summed E-state index contributed by atoms with van der Waals surface area (Å²) in [6.45, 7) is 0.103. The lowest BCUT2D eigenvalue weighted by atomic mass is 10.1. The molecule has 2 aromatic rings. The number of hydrogen-bond acceptors (Lipinski definition) is 5. The van der Waals surface area contributed by atoms with E-state index in [1.165, 1.54) is 7.11 Å². The predicted molar refractivity (Wildman–Crippen MR) is 90.4 cm³/mol. The number of methoxy groups -OCH3 is 3. The zero-order chi connectivity index (χ0) is 16.8. The highest BCUT2D eigenvalue weighted by Gasteiger charge is 2.12. The number of Topliss-reactive ketones (excluding diaryl/α,β-unsaturated/α-hetero) is 1. The average molecular weight is 336 g/mol. The van der Waals surface area contributed by atoms with Gasteiger partial charge in [0.05, 0.1) is 33.6 Å². The Bertz CT molecular complexity index is 703. The van der Waals surface area contributed by atoms with Crippen molar-refractivity contribution in [2.45, 2.75) is 0 Å². The quantitative estimate of drug-likeness (QED) is 0.782. The van der Waals surface area contributed by atoms with Crippen molar-refractivity contribution < 1.29 is 19.0 Å². The van der Waals surface area contributed by atoms with Gasteiger partial charge in [-0.1, -0.05) is 11.6 Å². The van der Waals surface area contributed by atoms with Crippen LogP contribution in [0.5, 0.6) is 17.2 Å². The summed E-state index contributed by atoms with van der Waals surface area (Å²) in [5.41, 5.74) is 1.19. The molecule has 0 aliphatic heterocycles. The minimum atomic E-state index is -0.0898. The molecule has 2 rings (SSSR count). The van der Waals surface area contributed by atoms with Gasteiger partial charge in [0, 0.05) is 10.6 Å². The molecule has 6 heteroatoms. The fraction of sp³-hybridized carbons (Fsp3) is 0.235. The molecular weight excluding hydrogens is 318 g/mol. The molecule has 0 aromatic heterocycles. The van der Waals surface area contributed by atoms with Gasteiger partial charge in [-0.3, -0.25) is 4.79 Å². The molecule has 2 aromatic carbocycles. The van der Waals surface area contributed by atoms with Gasteiger partial charge in [-0.25, -0.2) is 0 Å². The van der Waals surface area contributed by atoms with Crippen LogP contribution in [0.25, 0.3) is 0 Å². The van der Waals surface area contributed by atoms with E-state index in [1.807, 2.05) is 0 Å². The number of anilines is 1. The van der Waals surface area contributed by atoms with E-state index in [2.05, 4.69) is 5.32 Å². The lowest BCUT2D eigenvalue weighted by Crippen LogP contribution is -2.14. The summed E-state index contributed by atoms with van der Waals surface area (Å²) < 4.78 is 15.6. The molecule has 0 amide bonds. The molecule has 0 bridgehead atoms. The molecule has 0 radical (unpaired) electrons. The topological polar surface area (TPSA) is 56.8 Å². The highest BCUT2D eigenvalue weighted by molar-refractivity contribution is 6.31. The normalized spacial score (nSPS) is 10.1. The first-order valence-corrected chi connectivity index (χ1v) is 7.29. The second-order valence-corrected chi connectivity index (χ2v) is 5.13. The first kappa shape index (κ1) is 17.0. The molecule has 0 spiro atoms. The average Bonchev–Trinajstić information content (AvgIpc) is 2.59. The van der Waals surface area contributed by atoms with Gasteiger partial charge in [0.15, 0.2) is 17.3 Å². The van der Waals surface area contributed by atoms with Crippen LogP contribution in [0, 0.1) is 0 Å². The highest BCUT2D eigenvalue weighted by atomic mass is 35.5. The van der Waals surface area contributed by atoms with Crippen LogP contribution in [0.4, 0.5) is 5.69 Å². The Balaban J connectivity index is 2.12. The van der Waals surface area contributed by atoms with E-state index in [4.69, 9.17) is 25.8 Å². The first-order chi connectivity index (χ1) is 11.1. The number of rotatable bonds is 7. The van der Waals surface area contributed by atoms with Crippen molar-refractivity contribution in [3.8, 4) is 17.2 Å². The van der Waals surface area contributed by atoms with Crippen LogP contribution in [0.1, 0.15) is 10.4 Å². The van der Waals surface area contributed by atoms with E-state index in [1.54, 1.807) is 50.6 Å². The van der Waals surface area contributed by atoms with E-state index in [-0.39, 0.29) is 12.3 Å². The third kappa shape index (κ3) is 4.07. The Morgan fingerprint density at radius 1 is 0.957 bits per heavy atom. The van der Waals surface area contributed by atoms with Crippen LogP contribution in [0.2, 0.25) is 5.02 Å². The number of benzene rings is 2. The molecule has 0 aliphatic rings. The van der Waals surface area contributed by atoms with Gasteiger partial charge in [0.2, 0.25) is 0 Å². The first-order valence-electron chi connectivity index (χ1n) is 6.91. The standard InChI is InChI=1S/C17H18ClNO4/c1-21-15-7-5-12(18)9-13(15)19-10-14(20)11-4-6-16(22-2)17(8-11)23-3/h4-9,19H,10H2,1-3H3. The summed E-state index contributed by atoms with van der Waals surface area (Å²) in [5.74, 6) is 1.62. The van der Waals surface area contributed by atoms with Crippen LogP contribution >= 0.6 is 11.6 Å². The molecule has 0 aliphatic carbocycles. The summed E-state index contributed by atoms with van der Waals surface area (Å²) >= 11 is 5.97. The van der Waals surface area contributed by atoms with Crippen LogP contribution in [-0.2, 0) is 0 Å². The van der Waals surface area contributed by atoms with E-state index in [9.17, 15) is 4.79 Å². The monoisotopic (exact) mass is 335 g/mol. The van der Waals surface area contributed by atoms with Gasteiger partial charge in [-0.05, 0) is 36.4 Å². The lowest BCUT2D eigenvalue weighted by Gasteiger charge is -2.12. The summed E-state index contributed by atoms with van der Waals surface area (Å²) in [7, 11) is 4.64. The molecular formula is C17H18ClNO4. The maximum absolute atomic E-state index is 12.3. The fourth-order valence-corrected chi connectivity index (χ4v) is 2.28. The Morgan fingerprint density at radius 3 is 2.26 bits per heavy atom. The third-order valence-corrected chi connectivity index (χ3v) is 3.54. The minimum Gasteiger partial charge on any atom is -0.495 e. The summed E-state index contributed by atoms with van der Waals surface area (Å²) in [6, 6.07) is 10.2. The van der Waals surface area contributed by atoms with Crippen molar-refractivity contribution in [1.82, 2.24) is 0 Å². The smallest absolute Gasteiger partial charge is 0.181 e. The molecule has 5 nitrogen and oxygen atoms in total. The number of carbonyl (C=O) groups excluding carboxylic acids is 1. The Hall–Kier alpha value is -2.40. The van der Waals surface area contributed by atoms with Crippen molar-refractivity contribution in [3.05, 3.63) is 47.0 Å². The van der Waals surface area contributed by atoms with Crippen molar-refractivity contribution in [1.29, 1.82) is 0 Å². The Labute approximate surface area is 140 Å². The number of hydrogen-bond donors (Lipinski definition) is 1. The Morgan fingerprint density at radius 2 is 1.61 bits per heavy atom. The van der Waals surface area contributed by atoms with E-state index in [0.717, 1.165) is 0 Å². The number of nitrogens with one attached hydrogen (secondary N) is 1. The van der Waals surface area contributed by atoms with Gasteiger partial charge < -0.3 is 19.5 Å². The number of halogens is 1. The van der Waals surface area contributed by atoms with Gasteiger partial charge in [0.1, 0.15) is 5.75 Å². The molecule has 122 valence electrons. The van der Waals surface area contributed by atoms with Crippen LogP contribution in [-0.4, -0.2) is 33.7 Å². The zero-order valence-corrected chi connectivity index (χ0v) is 13.9. The van der Waals surface area contributed by atoms with Crippen LogP contribution in [0.15, 0.2) is 36.4 Å². The van der Waals surface area contributed by atoms with E-state index < -0.39 is 0 Å². The van der Waals surface area contributed by atoms with Crippen LogP contribution < -0.4 is 19.5 Å². The van der Waals surface area contributed by atoms with Crippen molar-refractivity contribution in [3.63, 3.8) is 0 Å². The number of ketones is 1. The molecule has 1 N–H and O–H groups in total. The van der Waals surface area contributed by atoms with Crippen molar-refractivity contribution in [2.75, 3.05) is 33.2 Å². The van der Waals surface area contributed by atoms with Gasteiger partial charge >= 0.3 is 0 Å². The molecule has 0 unspecified atom stereocenters. The zero-order valence-electron chi connectivity index (χ0n) is 13.2. The van der Waals surface area contributed by atoms with Gasteiger partial charge in [-0.2, -0.15) is 0 Å². The fourth-order valence-electron chi connectivity index (χ4n) is 2.11. The molecule has 0 heterocycles. The summed E-state index contributed by atoms with van der Waals surface area (Å²) in [6.07, 6.45) is 0. The second kappa shape index (κ2) is 7.74. The van der Waals surface area contributed by atoms with Gasteiger partial charge in [-0.15, -0.1) is 0 Å². The predicted octanol–water partition coefficient (Wildman–Crippen LogP) is 3.66. The molecule has 0 saturated carbocycles. The Kier molecular flexibility index (Phi) is 5.71. The largest absolute Gasteiger partial charge is 0.495 e. The van der Waals surface area contributed by atoms with Crippen LogP contribution in [0.3, 0.4) is 0 Å². The van der Waals surface area contributed by atoms with E-state index in [0.29, 0.717) is 33.5 Å². The molecule has 0 atom stereocenters. The maximum atomic E-state index is 12.3. The van der Waals surface area contributed by atoms with Gasteiger partial charge in [0.25, 0.3) is 0 Å². The third-order valence-electron chi connectivity index (χ3n) is 3.31. The lowest BCUT2D eigenvalue weighted by molar-refractivity contribution is 0.101. The SMILES string of the molecule is COc1ccc(Cl)cc1NCC(=O)c1ccc(OC)c(OC)c1. The number of ether oxygens (including phenoxy) is 3.